The van der Waals surface area contributed by atoms with Gasteiger partial charge in [-0.25, -0.2) is 0 Å². The Labute approximate surface area is 62.7 Å². The highest BCUT2D eigenvalue weighted by Gasteiger charge is 2.22. The van der Waals surface area contributed by atoms with Gasteiger partial charge in [-0.2, -0.15) is 15.8 Å². The largest absolute Gasteiger partial charge is 0.762 e. The van der Waals surface area contributed by atoms with Crippen LogP contribution in [0.4, 0.5) is 0 Å². The van der Waals surface area contributed by atoms with Gasteiger partial charge in [0, 0.05) is 0 Å². The highest BCUT2D eigenvalue weighted by atomic mass is 27.2. The standard InChI is InChI=1S/3CHN2.Al/c3*2-1-3;/h3*2H;/q3*-1;+3. The SMILES string of the molecule is N#C[NH][Al]([NH]C#N)[NH]C#N. The summed E-state index contributed by atoms with van der Waals surface area (Å²) in [6, 6.07) is 0. The van der Waals surface area contributed by atoms with Crippen molar-refractivity contribution in [2.75, 3.05) is 0 Å². The zero-order valence-corrected chi connectivity index (χ0v) is 6.07. The summed E-state index contributed by atoms with van der Waals surface area (Å²) in [4.78, 5) is 0. The van der Waals surface area contributed by atoms with Gasteiger partial charge in [0.1, 0.15) is 0 Å². The quantitative estimate of drug-likeness (QED) is 0.248. The fourth-order valence-electron chi connectivity index (χ4n) is 0.302. The van der Waals surface area contributed by atoms with Gasteiger partial charge in [-0.1, -0.05) is 0 Å². The van der Waals surface area contributed by atoms with Crippen molar-refractivity contribution in [3.05, 3.63) is 0 Å². The molecule has 0 aromatic carbocycles. The first kappa shape index (κ1) is 8.40. The van der Waals surface area contributed by atoms with Crippen molar-refractivity contribution in [2.24, 2.45) is 0 Å². The molecule has 0 unspecified atom stereocenters. The molecule has 0 saturated heterocycles. The minimum atomic E-state index is -2.07. The van der Waals surface area contributed by atoms with Crippen LogP contribution in [-0.2, 0) is 0 Å². The van der Waals surface area contributed by atoms with E-state index in [2.05, 4.69) is 12.9 Å². The van der Waals surface area contributed by atoms with E-state index in [0.717, 1.165) is 0 Å². The molecule has 0 amide bonds. The second kappa shape index (κ2) is 5.54. The molecular weight excluding hydrogens is 147 g/mol. The second-order valence-electron chi connectivity index (χ2n) is 1.20. The van der Waals surface area contributed by atoms with Gasteiger partial charge < -0.3 is 12.9 Å². The molecule has 0 aromatic heterocycles. The molecule has 0 aliphatic heterocycles. The summed E-state index contributed by atoms with van der Waals surface area (Å²) in [5, 5.41) is 24.2. The molecule has 6 nitrogen and oxygen atoms in total. The summed E-state index contributed by atoms with van der Waals surface area (Å²) < 4.78 is 6.78. The van der Waals surface area contributed by atoms with Crippen LogP contribution in [0.15, 0.2) is 0 Å². The van der Waals surface area contributed by atoms with Gasteiger partial charge in [-0.05, 0) is 0 Å². The summed E-state index contributed by atoms with van der Waals surface area (Å²) in [6.07, 6.45) is 4.87. The van der Waals surface area contributed by atoms with Crippen LogP contribution in [0.25, 0.3) is 0 Å². The molecule has 0 spiro atoms. The minimum Gasteiger partial charge on any atom is -0.374 e. The number of rotatable bonds is 3. The van der Waals surface area contributed by atoms with Crippen molar-refractivity contribution in [1.82, 2.24) is 12.9 Å². The van der Waals surface area contributed by atoms with Crippen LogP contribution in [-0.4, -0.2) is 14.8 Å². The lowest BCUT2D eigenvalue weighted by Crippen LogP contribution is -2.52. The van der Waals surface area contributed by atoms with Crippen LogP contribution in [0.5, 0.6) is 0 Å². The van der Waals surface area contributed by atoms with E-state index in [1.807, 2.05) is 0 Å². The monoisotopic (exact) mass is 150 g/mol. The van der Waals surface area contributed by atoms with Crippen LogP contribution in [0.2, 0.25) is 0 Å². The molecule has 3 N–H and O–H groups in total. The van der Waals surface area contributed by atoms with Gasteiger partial charge in [0.15, 0.2) is 18.6 Å². The maximum atomic E-state index is 8.06. The number of nitrogens with zero attached hydrogens (tertiary/aromatic N) is 3. The molecule has 0 atom stereocenters. The average molecular weight is 150 g/mol. The smallest absolute Gasteiger partial charge is 0.374 e. The minimum absolute atomic E-state index is 1.62. The van der Waals surface area contributed by atoms with Gasteiger partial charge in [-0.3, -0.25) is 0 Å². The molecule has 48 valence electrons. The van der Waals surface area contributed by atoms with Crippen molar-refractivity contribution in [1.29, 1.82) is 15.8 Å². The first-order valence-corrected chi connectivity index (χ1v) is 4.02. The van der Waals surface area contributed by atoms with Gasteiger partial charge in [0.25, 0.3) is 0 Å². The molecule has 7 heteroatoms. The van der Waals surface area contributed by atoms with E-state index in [4.69, 9.17) is 15.8 Å². The molecular formula is C3H3AlN6. The Balaban J connectivity index is 3.68. The maximum absolute atomic E-state index is 8.06. The number of nitrogens with one attached hydrogen (secondary N) is 3. The van der Waals surface area contributed by atoms with E-state index < -0.39 is 14.8 Å². The van der Waals surface area contributed by atoms with E-state index >= 15 is 0 Å². The third kappa shape index (κ3) is 3.41. The fraction of sp³-hybridized carbons (Fsp3) is 0. The normalized spacial score (nSPS) is 5.70. The Morgan fingerprint density at radius 1 is 0.800 bits per heavy atom. The van der Waals surface area contributed by atoms with Gasteiger partial charge in [0.05, 0.1) is 0 Å². The third-order valence-electron chi connectivity index (χ3n) is 0.627. The van der Waals surface area contributed by atoms with E-state index in [1.54, 1.807) is 18.6 Å². The van der Waals surface area contributed by atoms with Crippen LogP contribution in [0, 0.1) is 34.4 Å². The summed E-state index contributed by atoms with van der Waals surface area (Å²) in [7, 11) is 0. The van der Waals surface area contributed by atoms with Crippen molar-refractivity contribution < 1.29 is 0 Å². The molecule has 0 heterocycles. The zero-order valence-electron chi connectivity index (χ0n) is 4.92. The number of nitriles is 3. The van der Waals surface area contributed by atoms with Gasteiger partial charge >= 0.3 is 14.8 Å². The molecule has 10 heavy (non-hydrogen) atoms. The van der Waals surface area contributed by atoms with Gasteiger partial charge in [0.2, 0.25) is 0 Å². The molecule has 0 saturated carbocycles. The lowest BCUT2D eigenvalue weighted by atomic mass is 11.5. The van der Waals surface area contributed by atoms with E-state index in [1.165, 1.54) is 0 Å². The molecule has 0 aliphatic rings. The van der Waals surface area contributed by atoms with Crippen molar-refractivity contribution in [3.63, 3.8) is 0 Å². The Kier molecular flexibility index (Phi) is 4.65. The Morgan fingerprint density at radius 2 is 1.10 bits per heavy atom. The summed E-state index contributed by atoms with van der Waals surface area (Å²) >= 11 is -2.07. The molecule has 0 rings (SSSR count). The molecule has 0 radical (unpaired) electrons. The summed E-state index contributed by atoms with van der Waals surface area (Å²) in [5.74, 6) is 0. The molecule has 0 aliphatic carbocycles. The van der Waals surface area contributed by atoms with Crippen molar-refractivity contribution in [3.8, 4) is 18.6 Å². The van der Waals surface area contributed by atoms with Crippen molar-refractivity contribution >= 4 is 14.8 Å². The second-order valence-corrected chi connectivity index (χ2v) is 2.93. The Morgan fingerprint density at radius 3 is 1.30 bits per heavy atom. The Hall–Kier alpha value is -1.60. The fourth-order valence-corrected chi connectivity index (χ4v) is 0.906. The number of hydrogen-bond donors (Lipinski definition) is 3. The first-order valence-electron chi connectivity index (χ1n) is 2.29. The van der Waals surface area contributed by atoms with Crippen LogP contribution >= 0.6 is 0 Å². The van der Waals surface area contributed by atoms with Crippen LogP contribution < -0.4 is 12.9 Å². The highest BCUT2D eigenvalue weighted by Crippen LogP contribution is 1.57. The van der Waals surface area contributed by atoms with E-state index in [0.29, 0.717) is 0 Å². The molecule has 0 aromatic rings. The average Bonchev–Trinajstić information content (AvgIpc) is 1.90. The van der Waals surface area contributed by atoms with Crippen LogP contribution in [0.1, 0.15) is 0 Å². The highest BCUT2D eigenvalue weighted by molar-refractivity contribution is 6.51. The van der Waals surface area contributed by atoms with Crippen LogP contribution in [0.3, 0.4) is 0 Å². The Bertz CT molecular complexity index is 166. The first-order chi connectivity index (χ1) is 4.85. The van der Waals surface area contributed by atoms with Gasteiger partial charge in [-0.15, -0.1) is 0 Å². The predicted molar refractivity (Wildman–Crippen MR) is 32.0 cm³/mol. The topological polar surface area (TPSA) is 107 Å². The third-order valence-corrected chi connectivity index (χ3v) is 1.88. The zero-order chi connectivity index (χ0) is 7.82. The molecule has 0 fully saturated rings. The maximum Gasteiger partial charge on any atom is 0.762 e. The lowest BCUT2D eigenvalue weighted by Gasteiger charge is -1.98. The van der Waals surface area contributed by atoms with E-state index in [9.17, 15) is 0 Å². The number of hydrogen-bond acceptors (Lipinski definition) is 6. The summed E-state index contributed by atoms with van der Waals surface area (Å²) in [6.45, 7) is 0. The van der Waals surface area contributed by atoms with E-state index in [-0.39, 0.29) is 0 Å². The molecule has 0 bridgehead atoms. The van der Waals surface area contributed by atoms with Crippen molar-refractivity contribution in [2.45, 2.75) is 0 Å². The predicted octanol–water partition coefficient (Wildman–Crippen LogP) is -1.82. The lowest BCUT2D eigenvalue weighted by molar-refractivity contribution is 1.09. The summed E-state index contributed by atoms with van der Waals surface area (Å²) in [5.41, 5.74) is 0.